The molecule has 0 saturated carbocycles. The van der Waals surface area contributed by atoms with Crippen LogP contribution in [0, 0.1) is 0 Å². The second-order valence-corrected chi connectivity index (χ2v) is 10.7. The zero-order chi connectivity index (χ0) is 25.3. The number of anilines is 1. The van der Waals surface area contributed by atoms with E-state index in [0.717, 1.165) is 9.87 Å². The normalized spacial score (nSPS) is 11.1. The van der Waals surface area contributed by atoms with Gasteiger partial charge in [0.1, 0.15) is 18.0 Å². The fourth-order valence-corrected chi connectivity index (χ4v) is 5.85. The van der Waals surface area contributed by atoms with Crippen LogP contribution in [0.3, 0.4) is 0 Å². The van der Waals surface area contributed by atoms with E-state index in [0.29, 0.717) is 28.8 Å². The van der Waals surface area contributed by atoms with Gasteiger partial charge in [0.25, 0.3) is 10.0 Å². The molecular formula is C25H27ClN2O5S2. The molecule has 1 amide bonds. The maximum absolute atomic E-state index is 13.5. The zero-order valence-corrected chi connectivity index (χ0v) is 21.8. The smallest absolute Gasteiger partial charge is 0.264 e. The van der Waals surface area contributed by atoms with Crippen LogP contribution < -0.4 is 19.1 Å². The first-order valence-electron chi connectivity index (χ1n) is 10.7. The minimum absolute atomic E-state index is 0.0703. The highest BCUT2D eigenvalue weighted by Crippen LogP contribution is 2.35. The van der Waals surface area contributed by atoms with E-state index in [1.165, 1.54) is 26.4 Å². The molecular weight excluding hydrogens is 508 g/mol. The van der Waals surface area contributed by atoms with Crippen molar-refractivity contribution in [2.75, 3.05) is 37.4 Å². The van der Waals surface area contributed by atoms with Gasteiger partial charge in [0, 0.05) is 29.1 Å². The number of hydrogen-bond acceptors (Lipinski definition) is 6. The van der Waals surface area contributed by atoms with Gasteiger partial charge in [-0.1, -0.05) is 48.0 Å². The predicted molar refractivity (Wildman–Crippen MR) is 141 cm³/mol. The van der Waals surface area contributed by atoms with E-state index in [2.05, 4.69) is 5.32 Å². The third-order valence-electron chi connectivity index (χ3n) is 5.06. The molecule has 3 rings (SSSR count). The van der Waals surface area contributed by atoms with Crippen LogP contribution in [-0.4, -0.2) is 47.4 Å². The van der Waals surface area contributed by atoms with Crippen molar-refractivity contribution in [3.63, 3.8) is 0 Å². The van der Waals surface area contributed by atoms with Gasteiger partial charge in [-0.05, 0) is 35.9 Å². The van der Waals surface area contributed by atoms with Crippen LogP contribution in [0.4, 0.5) is 5.69 Å². The lowest BCUT2D eigenvalue weighted by atomic mass is 10.2. The summed E-state index contributed by atoms with van der Waals surface area (Å²) >= 11 is 7.80. The average molecular weight is 535 g/mol. The van der Waals surface area contributed by atoms with Crippen LogP contribution in [0.15, 0.2) is 77.7 Å². The number of halogens is 1. The summed E-state index contributed by atoms with van der Waals surface area (Å²) < 4.78 is 38.7. The summed E-state index contributed by atoms with van der Waals surface area (Å²) in [6.45, 7) is -0.0258. The number of nitrogens with zero attached hydrogens (tertiary/aromatic N) is 1. The molecule has 0 aromatic heterocycles. The van der Waals surface area contributed by atoms with Crippen LogP contribution in [0.1, 0.15) is 5.56 Å². The Kier molecular flexibility index (Phi) is 9.71. The van der Waals surface area contributed by atoms with Gasteiger partial charge in [0.15, 0.2) is 0 Å². The van der Waals surface area contributed by atoms with Crippen molar-refractivity contribution < 1.29 is 22.7 Å². The number of ether oxygens (including phenoxy) is 2. The highest BCUT2D eigenvalue weighted by molar-refractivity contribution is 7.98. The Morgan fingerprint density at radius 2 is 1.71 bits per heavy atom. The number of rotatable bonds is 12. The van der Waals surface area contributed by atoms with Crippen molar-refractivity contribution in [1.29, 1.82) is 0 Å². The van der Waals surface area contributed by atoms with Crippen LogP contribution in [0.5, 0.6) is 11.5 Å². The quantitative estimate of drug-likeness (QED) is 0.342. The Labute approximate surface area is 215 Å². The van der Waals surface area contributed by atoms with Gasteiger partial charge in [-0.15, -0.1) is 0 Å². The summed E-state index contributed by atoms with van der Waals surface area (Å²) in [6.07, 6.45) is 0. The molecule has 0 aliphatic heterocycles. The van der Waals surface area contributed by atoms with Crippen molar-refractivity contribution in [3.05, 3.63) is 83.4 Å². The summed E-state index contributed by atoms with van der Waals surface area (Å²) in [6, 6.07) is 20.3. The number of methoxy groups -OCH3 is 2. The van der Waals surface area contributed by atoms with Crippen LogP contribution in [-0.2, 0) is 20.6 Å². The molecule has 0 bridgehead atoms. The van der Waals surface area contributed by atoms with E-state index in [-0.39, 0.29) is 16.3 Å². The summed E-state index contributed by atoms with van der Waals surface area (Å²) in [5.41, 5.74) is 1.26. The van der Waals surface area contributed by atoms with Gasteiger partial charge in [0.2, 0.25) is 5.91 Å². The first-order valence-corrected chi connectivity index (χ1v) is 13.7. The lowest BCUT2D eigenvalue weighted by molar-refractivity contribution is -0.119. The lowest BCUT2D eigenvalue weighted by Crippen LogP contribution is -2.41. The molecule has 0 aliphatic rings. The molecule has 7 nitrogen and oxygen atoms in total. The molecule has 1 N–H and O–H groups in total. The largest absolute Gasteiger partial charge is 0.497 e. The standard InChI is InChI=1S/C25H27ClN2O5S2/c1-32-20-12-13-23(24(16-20)33-2)28(35(30,31)21-9-4-3-5-10-21)17-25(29)27-14-15-34-18-19-8-6-7-11-22(19)26/h3-13,16H,14-15,17-18H2,1-2H3,(H,27,29). The van der Waals surface area contributed by atoms with Gasteiger partial charge in [0.05, 0.1) is 24.8 Å². The molecule has 0 fully saturated rings. The first kappa shape index (κ1) is 26.7. The molecule has 10 heteroatoms. The fraction of sp³-hybridized carbons (Fsp3) is 0.240. The number of sulfonamides is 1. The van der Waals surface area contributed by atoms with E-state index in [9.17, 15) is 13.2 Å². The summed E-state index contributed by atoms with van der Waals surface area (Å²) in [4.78, 5) is 12.9. The number of amides is 1. The molecule has 0 heterocycles. The van der Waals surface area contributed by atoms with Crippen LogP contribution >= 0.6 is 23.4 Å². The Balaban J connectivity index is 1.72. The molecule has 0 saturated heterocycles. The molecule has 0 atom stereocenters. The summed E-state index contributed by atoms with van der Waals surface area (Å²) in [5, 5.41) is 3.51. The molecule has 3 aromatic rings. The zero-order valence-electron chi connectivity index (χ0n) is 19.4. The van der Waals surface area contributed by atoms with E-state index in [1.54, 1.807) is 48.2 Å². The first-order chi connectivity index (χ1) is 16.9. The Morgan fingerprint density at radius 3 is 2.40 bits per heavy atom. The van der Waals surface area contributed by atoms with Gasteiger partial charge in [-0.25, -0.2) is 8.42 Å². The number of nitrogens with one attached hydrogen (secondary N) is 1. The number of carbonyl (C=O) groups is 1. The summed E-state index contributed by atoms with van der Waals surface area (Å²) in [5.74, 6) is 1.71. The van der Waals surface area contributed by atoms with Crippen LogP contribution in [0.2, 0.25) is 5.02 Å². The molecule has 0 unspecified atom stereocenters. The van der Waals surface area contributed by atoms with Crippen molar-refractivity contribution in [2.45, 2.75) is 10.6 Å². The van der Waals surface area contributed by atoms with Crippen molar-refractivity contribution in [1.82, 2.24) is 5.32 Å². The molecule has 0 spiro atoms. The van der Waals surface area contributed by atoms with Crippen LogP contribution in [0.25, 0.3) is 0 Å². The van der Waals surface area contributed by atoms with Crippen molar-refractivity contribution >= 4 is 45.0 Å². The second-order valence-electron chi connectivity index (χ2n) is 7.36. The maximum Gasteiger partial charge on any atom is 0.264 e. The lowest BCUT2D eigenvalue weighted by Gasteiger charge is -2.26. The molecule has 3 aromatic carbocycles. The number of benzene rings is 3. The Morgan fingerprint density at radius 1 is 1.00 bits per heavy atom. The second kappa shape index (κ2) is 12.7. The van der Waals surface area contributed by atoms with Crippen molar-refractivity contribution in [2.24, 2.45) is 0 Å². The molecule has 0 aliphatic carbocycles. The van der Waals surface area contributed by atoms with Gasteiger partial charge in [-0.3, -0.25) is 9.10 Å². The molecule has 35 heavy (non-hydrogen) atoms. The van der Waals surface area contributed by atoms with Gasteiger partial charge in [-0.2, -0.15) is 11.8 Å². The molecule has 186 valence electrons. The minimum Gasteiger partial charge on any atom is -0.497 e. The van der Waals surface area contributed by atoms with E-state index in [4.69, 9.17) is 21.1 Å². The molecule has 0 radical (unpaired) electrons. The van der Waals surface area contributed by atoms with Gasteiger partial charge >= 0.3 is 0 Å². The SMILES string of the molecule is COc1ccc(N(CC(=O)NCCSCc2ccccc2Cl)S(=O)(=O)c2ccccc2)c(OC)c1. The fourth-order valence-electron chi connectivity index (χ4n) is 3.26. The monoisotopic (exact) mass is 534 g/mol. The Hall–Kier alpha value is -2.88. The van der Waals surface area contributed by atoms with Crippen molar-refractivity contribution in [3.8, 4) is 11.5 Å². The van der Waals surface area contributed by atoms with E-state index >= 15 is 0 Å². The Bertz CT molecular complexity index is 1240. The number of carbonyl (C=O) groups excluding carboxylic acids is 1. The highest BCUT2D eigenvalue weighted by atomic mass is 35.5. The minimum atomic E-state index is -4.05. The van der Waals surface area contributed by atoms with E-state index in [1.807, 2.05) is 24.3 Å². The average Bonchev–Trinajstić information content (AvgIpc) is 2.88. The highest BCUT2D eigenvalue weighted by Gasteiger charge is 2.29. The third kappa shape index (κ3) is 7.06. The maximum atomic E-state index is 13.5. The number of hydrogen-bond donors (Lipinski definition) is 1. The van der Waals surface area contributed by atoms with E-state index < -0.39 is 22.5 Å². The number of thioether (sulfide) groups is 1. The summed E-state index contributed by atoms with van der Waals surface area (Å²) in [7, 11) is -1.11. The third-order valence-corrected chi connectivity index (χ3v) is 8.21. The topological polar surface area (TPSA) is 84.9 Å². The predicted octanol–water partition coefficient (Wildman–Crippen LogP) is 4.60. The van der Waals surface area contributed by atoms with Gasteiger partial charge < -0.3 is 14.8 Å².